The van der Waals surface area contributed by atoms with Gasteiger partial charge in [-0.2, -0.15) is 13.2 Å². The number of thiazole rings is 1. The highest BCUT2D eigenvalue weighted by molar-refractivity contribution is 7.91. The standard InChI is InChI=1S/C43H51F3N6O8S2/c1-25-11-9-10-14-28-23-42(28,38(55)50-62(58,59)41(5)15-16-41)49-35(53)33-22-30(24-51(33)37(54)34(26(2)19-25)52(39(56)57)40(3,4)43(44,45)46)60-29-20-31(27-12-7-6-8-13-27)48-32(21-29)36-47-17-18-61-36/h6-8,10,12-14,17-18,20-21,25-26,28,30,33-34H,9,11,15-16,19,22-24H2,1-5H3,(H,49,53)(H,50,55)(H,56,57)/t25-,26-,28-,30-,33+,34+,42-/m1/s1. The van der Waals surface area contributed by atoms with Gasteiger partial charge in [-0.15, -0.1) is 11.3 Å². The minimum absolute atomic E-state index is 0.0501. The number of pyridine rings is 1. The van der Waals surface area contributed by atoms with E-state index in [9.17, 15) is 41.1 Å². The lowest BCUT2D eigenvalue weighted by atomic mass is 9.85. The van der Waals surface area contributed by atoms with Gasteiger partial charge >= 0.3 is 12.3 Å². The van der Waals surface area contributed by atoms with Crippen LogP contribution in [-0.4, -0.2) is 104 Å². The number of hydrogen-bond donors (Lipinski definition) is 3. The van der Waals surface area contributed by atoms with E-state index < -0.39 is 85.9 Å². The molecule has 7 rings (SSSR count). The van der Waals surface area contributed by atoms with Crippen LogP contribution in [0.1, 0.15) is 79.6 Å². The number of nitrogens with zero attached hydrogens (tertiary/aromatic N) is 4. The molecule has 0 radical (unpaired) electrons. The summed E-state index contributed by atoms with van der Waals surface area (Å²) in [6, 6.07) is 9.19. The fraction of sp³-hybridized carbons (Fsp3) is 0.535. The summed E-state index contributed by atoms with van der Waals surface area (Å²) in [5, 5.41) is 15.7. The number of nitrogens with one attached hydrogen (secondary N) is 2. The van der Waals surface area contributed by atoms with Gasteiger partial charge in [0.25, 0.3) is 5.91 Å². The topological polar surface area (TPSA) is 188 Å². The van der Waals surface area contributed by atoms with Crippen molar-refractivity contribution >= 4 is 45.2 Å². The number of aromatic nitrogens is 2. The van der Waals surface area contributed by atoms with Crippen molar-refractivity contribution in [2.75, 3.05) is 6.54 Å². The Bertz CT molecular complexity index is 2340. The lowest BCUT2D eigenvalue weighted by Gasteiger charge is -2.45. The Hall–Kier alpha value is -5.04. The number of alkyl halides is 3. The molecule has 2 saturated carbocycles. The van der Waals surface area contributed by atoms with Gasteiger partial charge < -0.3 is 20.1 Å². The Morgan fingerprint density at radius 2 is 1.77 bits per heavy atom. The van der Waals surface area contributed by atoms with E-state index in [2.05, 4.69) is 15.0 Å². The predicted molar refractivity (Wildman–Crippen MR) is 224 cm³/mol. The maximum absolute atomic E-state index is 15.1. The van der Waals surface area contributed by atoms with E-state index in [0.717, 1.165) is 10.5 Å². The molecule has 4 amide bonds. The zero-order valence-corrected chi connectivity index (χ0v) is 36.6. The molecule has 1 aromatic carbocycles. The number of amides is 4. The van der Waals surface area contributed by atoms with Crippen LogP contribution in [0.5, 0.6) is 5.75 Å². The molecular weight excluding hydrogens is 850 g/mol. The van der Waals surface area contributed by atoms with Crippen LogP contribution >= 0.6 is 11.3 Å². The summed E-state index contributed by atoms with van der Waals surface area (Å²) in [5.41, 5.74) is -3.00. The molecule has 2 aliphatic heterocycles. The van der Waals surface area contributed by atoms with E-state index >= 15 is 4.79 Å². The number of rotatable bonds is 9. The minimum atomic E-state index is -5.10. The second-order valence-electron chi connectivity index (χ2n) is 17.9. The van der Waals surface area contributed by atoms with Crippen molar-refractivity contribution in [1.29, 1.82) is 0 Å². The highest BCUT2D eigenvalue weighted by atomic mass is 32.2. The van der Waals surface area contributed by atoms with E-state index in [-0.39, 0.29) is 42.4 Å². The van der Waals surface area contributed by atoms with Gasteiger partial charge in [0, 0.05) is 41.6 Å². The first-order valence-electron chi connectivity index (χ1n) is 20.7. The van der Waals surface area contributed by atoms with E-state index in [4.69, 9.17) is 9.72 Å². The fourth-order valence-corrected chi connectivity index (χ4v) is 10.5. The van der Waals surface area contributed by atoms with E-state index in [1.807, 2.05) is 43.3 Å². The van der Waals surface area contributed by atoms with Crippen LogP contribution in [0.3, 0.4) is 0 Å². The molecule has 3 aromatic rings. The molecule has 62 heavy (non-hydrogen) atoms. The summed E-state index contributed by atoms with van der Waals surface area (Å²) in [7, 11) is -4.13. The van der Waals surface area contributed by atoms with E-state index in [1.54, 1.807) is 29.8 Å². The Labute approximate surface area is 362 Å². The second-order valence-corrected chi connectivity index (χ2v) is 21.0. The maximum Gasteiger partial charge on any atom is 0.411 e. The Kier molecular flexibility index (Phi) is 12.0. The molecule has 2 aliphatic carbocycles. The van der Waals surface area contributed by atoms with Gasteiger partial charge in [0.2, 0.25) is 21.8 Å². The van der Waals surface area contributed by atoms with E-state index in [0.29, 0.717) is 55.9 Å². The molecule has 0 spiro atoms. The monoisotopic (exact) mass is 900 g/mol. The lowest BCUT2D eigenvalue weighted by Crippen LogP contribution is -2.66. The van der Waals surface area contributed by atoms with Crippen LogP contribution in [0.4, 0.5) is 18.0 Å². The third kappa shape index (κ3) is 8.79. The van der Waals surface area contributed by atoms with Gasteiger partial charge in [-0.1, -0.05) is 56.3 Å². The lowest BCUT2D eigenvalue weighted by molar-refractivity contribution is -0.222. The Morgan fingerprint density at radius 1 is 1.08 bits per heavy atom. The summed E-state index contributed by atoms with van der Waals surface area (Å²) in [5.74, 6) is -4.32. The zero-order chi connectivity index (χ0) is 45.0. The molecule has 334 valence electrons. The maximum atomic E-state index is 15.1. The van der Waals surface area contributed by atoms with Crippen molar-refractivity contribution in [1.82, 2.24) is 29.8 Å². The second kappa shape index (κ2) is 16.6. The van der Waals surface area contributed by atoms with Gasteiger partial charge in [0.05, 0.1) is 17.0 Å². The number of carboxylic acid groups (broad SMARTS) is 1. The average molecular weight is 901 g/mol. The van der Waals surface area contributed by atoms with E-state index in [1.165, 1.54) is 25.2 Å². The van der Waals surface area contributed by atoms with Crippen LogP contribution in [-0.2, 0) is 24.4 Å². The Balaban J connectivity index is 1.30. The van der Waals surface area contributed by atoms with Crippen LogP contribution in [0.15, 0.2) is 66.2 Å². The van der Waals surface area contributed by atoms with Crippen LogP contribution < -0.4 is 14.8 Å². The van der Waals surface area contributed by atoms with Gasteiger partial charge in [-0.25, -0.2) is 23.2 Å². The fourth-order valence-electron chi connectivity index (χ4n) is 8.57. The quantitative estimate of drug-likeness (QED) is 0.193. The Morgan fingerprint density at radius 3 is 2.40 bits per heavy atom. The number of hydrogen-bond acceptors (Lipinski definition) is 10. The predicted octanol–water partition coefficient (Wildman–Crippen LogP) is 6.80. The van der Waals surface area contributed by atoms with Gasteiger partial charge in [-0.05, 0) is 71.1 Å². The summed E-state index contributed by atoms with van der Waals surface area (Å²) in [6.45, 7) is 5.96. The molecule has 0 unspecified atom stereocenters. The first-order valence-corrected chi connectivity index (χ1v) is 23.0. The van der Waals surface area contributed by atoms with Crippen molar-refractivity contribution in [2.24, 2.45) is 17.8 Å². The SMILES string of the molecule is C[C@@H]1CCC=C[C@@H]2C[C@@]2(C(=O)NS(=O)(=O)C2(C)CC2)NC(=O)[C@@H]2C[C@@H](Oc3cc(-c4ccccc4)nc(-c4nccs4)c3)CN2C(=O)[C@@H](N(C(=O)O)C(C)(C)C(F)(F)F)[C@H](C)C1. The molecule has 14 nitrogen and oxygen atoms in total. The minimum Gasteiger partial charge on any atom is -0.488 e. The highest BCUT2D eigenvalue weighted by Crippen LogP contribution is 2.48. The third-order valence-corrected chi connectivity index (χ3v) is 15.8. The smallest absolute Gasteiger partial charge is 0.411 e. The largest absolute Gasteiger partial charge is 0.488 e. The summed E-state index contributed by atoms with van der Waals surface area (Å²) < 4.78 is 78.5. The molecule has 19 heteroatoms. The van der Waals surface area contributed by atoms with Crippen molar-refractivity contribution in [3.8, 4) is 27.7 Å². The average Bonchev–Trinajstić information content (AvgIpc) is 3.95. The van der Waals surface area contributed by atoms with Crippen LogP contribution in [0.2, 0.25) is 0 Å². The number of sulfonamides is 1. The molecule has 3 fully saturated rings. The summed E-state index contributed by atoms with van der Waals surface area (Å²) in [6.07, 6.45) is -1.19. The molecule has 1 saturated heterocycles. The first-order chi connectivity index (χ1) is 29.1. The van der Waals surface area contributed by atoms with Crippen molar-refractivity contribution < 1.29 is 50.6 Å². The van der Waals surface area contributed by atoms with Crippen LogP contribution in [0, 0.1) is 17.8 Å². The molecule has 3 N–H and O–H groups in total. The summed E-state index contributed by atoms with van der Waals surface area (Å²) in [4.78, 5) is 67.3. The number of carbonyl (C=O) groups is 4. The molecule has 2 aromatic heterocycles. The number of benzene rings is 1. The highest BCUT2D eigenvalue weighted by Gasteiger charge is 2.64. The zero-order valence-electron chi connectivity index (χ0n) is 35.0. The third-order valence-electron chi connectivity index (χ3n) is 12.8. The molecule has 4 aliphatic rings. The van der Waals surface area contributed by atoms with Crippen LogP contribution in [0.25, 0.3) is 22.0 Å². The number of ether oxygens (including phenoxy) is 1. The van der Waals surface area contributed by atoms with Gasteiger partial charge in [0.15, 0.2) is 0 Å². The van der Waals surface area contributed by atoms with Crippen molar-refractivity contribution in [3.05, 3.63) is 66.2 Å². The molecular formula is C43H51F3N6O8S2. The molecule has 4 heterocycles. The number of fused-ring (bicyclic) bond motifs is 2. The van der Waals surface area contributed by atoms with Gasteiger partial charge in [0.1, 0.15) is 45.7 Å². The number of halogens is 3. The number of allylic oxidation sites excluding steroid dienone is 1. The summed E-state index contributed by atoms with van der Waals surface area (Å²) >= 11 is 1.34. The first kappa shape index (κ1) is 45.0. The molecule has 0 bridgehead atoms. The number of carbonyl (C=O) groups excluding carboxylic acids is 3. The van der Waals surface area contributed by atoms with Crippen molar-refractivity contribution in [2.45, 2.75) is 120 Å². The molecule has 7 atom stereocenters. The van der Waals surface area contributed by atoms with Gasteiger partial charge in [-0.3, -0.25) is 24.0 Å². The van der Waals surface area contributed by atoms with Crippen molar-refractivity contribution in [3.63, 3.8) is 0 Å². The normalized spacial score (nSPS) is 27.8.